The van der Waals surface area contributed by atoms with Crippen molar-refractivity contribution in [3.63, 3.8) is 0 Å². The predicted molar refractivity (Wildman–Crippen MR) is 110 cm³/mol. The van der Waals surface area contributed by atoms with E-state index in [1.165, 1.54) is 11.3 Å². The number of methoxy groups -OCH3 is 1. The lowest BCUT2D eigenvalue weighted by molar-refractivity contribution is -0.116. The average Bonchev–Trinajstić information content (AvgIpc) is 3.12. The highest BCUT2D eigenvalue weighted by Crippen LogP contribution is 2.44. The number of anilines is 1. The van der Waals surface area contributed by atoms with E-state index in [9.17, 15) is 4.79 Å². The Balaban J connectivity index is 1.52. The molecule has 0 radical (unpaired) electrons. The number of rotatable bonds is 3. The molecule has 0 fully saturated rings. The number of benzene rings is 3. The summed E-state index contributed by atoms with van der Waals surface area (Å²) in [6.07, 6.45) is 0. The molecule has 2 heterocycles. The van der Waals surface area contributed by atoms with Crippen LogP contribution in [0.2, 0.25) is 0 Å². The molecule has 1 aliphatic heterocycles. The van der Waals surface area contributed by atoms with Crippen molar-refractivity contribution in [2.24, 2.45) is 0 Å². The van der Waals surface area contributed by atoms with Crippen molar-refractivity contribution in [2.75, 3.05) is 12.4 Å². The third kappa shape index (κ3) is 2.78. The number of nitrogens with one attached hydrogen (secondary N) is 1. The molecule has 138 valence electrons. The first-order valence-corrected chi connectivity index (χ1v) is 9.66. The van der Waals surface area contributed by atoms with E-state index in [2.05, 4.69) is 10.3 Å². The highest BCUT2D eigenvalue weighted by atomic mass is 32.1. The van der Waals surface area contributed by atoms with Gasteiger partial charge in [-0.15, -0.1) is 0 Å². The van der Waals surface area contributed by atoms with Crippen LogP contribution in [0, 0.1) is 0 Å². The number of ether oxygens (including phenoxy) is 2. The fourth-order valence-corrected chi connectivity index (χ4v) is 4.35. The maximum atomic E-state index is 13.3. The first-order valence-electron chi connectivity index (χ1n) is 8.84. The monoisotopic (exact) mass is 388 g/mol. The van der Waals surface area contributed by atoms with Crippen molar-refractivity contribution in [3.05, 3.63) is 77.9 Å². The zero-order valence-corrected chi connectivity index (χ0v) is 15.8. The Hall–Kier alpha value is -3.38. The van der Waals surface area contributed by atoms with Crippen LogP contribution in [0.5, 0.6) is 17.2 Å². The summed E-state index contributed by atoms with van der Waals surface area (Å²) in [5.74, 6) is 1.59. The number of carbonyl (C=O) groups is 1. The van der Waals surface area contributed by atoms with E-state index in [1.807, 2.05) is 66.7 Å². The number of nitrogens with zero attached hydrogens (tertiary/aromatic N) is 1. The van der Waals surface area contributed by atoms with Crippen molar-refractivity contribution in [1.29, 1.82) is 0 Å². The van der Waals surface area contributed by atoms with Gasteiger partial charge in [0.05, 0.1) is 23.2 Å². The van der Waals surface area contributed by atoms with Crippen molar-refractivity contribution in [3.8, 4) is 17.2 Å². The molecule has 0 spiro atoms. The lowest BCUT2D eigenvalue weighted by Gasteiger charge is -2.27. The van der Waals surface area contributed by atoms with Gasteiger partial charge in [-0.05, 0) is 30.3 Å². The molecule has 1 aliphatic rings. The Morgan fingerprint density at radius 2 is 1.71 bits per heavy atom. The van der Waals surface area contributed by atoms with Gasteiger partial charge in [0.2, 0.25) is 5.91 Å². The van der Waals surface area contributed by atoms with Crippen molar-refractivity contribution < 1.29 is 14.3 Å². The standard InChI is InChI=1S/C22H16N2O3S/c1-26-13-10-11-16-19(12-13)28-22(23-16)24-21(25)20-14-6-2-4-8-17(14)27-18-9-5-3-7-15(18)20/h2-12,20H,1H3,(H,23,24,25). The van der Waals surface area contributed by atoms with Crippen LogP contribution in [0.3, 0.4) is 0 Å². The lowest BCUT2D eigenvalue weighted by atomic mass is 9.87. The van der Waals surface area contributed by atoms with E-state index in [4.69, 9.17) is 9.47 Å². The fourth-order valence-electron chi connectivity index (χ4n) is 3.46. The number of carbonyl (C=O) groups excluding carboxylic acids is 1. The van der Waals surface area contributed by atoms with E-state index in [1.54, 1.807) is 7.11 Å². The smallest absolute Gasteiger partial charge is 0.238 e. The first kappa shape index (κ1) is 16.8. The number of hydrogen-bond donors (Lipinski definition) is 1. The highest BCUT2D eigenvalue weighted by Gasteiger charge is 2.32. The molecular weight excluding hydrogens is 372 g/mol. The Labute approximate surface area is 165 Å². The Bertz CT molecular complexity index is 1160. The molecule has 0 aliphatic carbocycles. The minimum Gasteiger partial charge on any atom is -0.497 e. The molecule has 1 aromatic heterocycles. The molecule has 0 saturated heterocycles. The third-order valence-corrected chi connectivity index (χ3v) is 5.70. The summed E-state index contributed by atoms with van der Waals surface area (Å²) in [6, 6.07) is 20.9. The van der Waals surface area contributed by atoms with Crippen molar-refractivity contribution >= 4 is 32.6 Å². The van der Waals surface area contributed by atoms with Crippen LogP contribution < -0.4 is 14.8 Å². The summed E-state index contributed by atoms with van der Waals surface area (Å²) in [7, 11) is 1.63. The quantitative estimate of drug-likeness (QED) is 0.525. The molecule has 0 bridgehead atoms. The largest absolute Gasteiger partial charge is 0.497 e. The van der Waals surface area contributed by atoms with Gasteiger partial charge in [0.25, 0.3) is 0 Å². The molecule has 1 N–H and O–H groups in total. The number of thiazole rings is 1. The lowest BCUT2D eigenvalue weighted by Crippen LogP contribution is -2.24. The Morgan fingerprint density at radius 1 is 1.04 bits per heavy atom. The number of aromatic nitrogens is 1. The van der Waals surface area contributed by atoms with Crippen LogP contribution in [0.1, 0.15) is 17.0 Å². The number of amides is 1. The number of fused-ring (bicyclic) bond motifs is 3. The Morgan fingerprint density at radius 3 is 2.39 bits per heavy atom. The maximum absolute atomic E-state index is 13.3. The van der Waals surface area contributed by atoms with E-state index in [-0.39, 0.29) is 5.91 Å². The van der Waals surface area contributed by atoms with Gasteiger partial charge in [-0.25, -0.2) is 4.98 Å². The van der Waals surface area contributed by atoms with Gasteiger partial charge in [-0.3, -0.25) is 4.79 Å². The van der Waals surface area contributed by atoms with Gasteiger partial charge in [-0.1, -0.05) is 47.7 Å². The zero-order valence-electron chi connectivity index (χ0n) is 15.0. The molecule has 6 heteroatoms. The average molecular weight is 388 g/mol. The second kappa shape index (κ2) is 6.65. The number of para-hydroxylation sites is 2. The van der Waals surface area contributed by atoms with Crippen LogP contribution in [0.25, 0.3) is 10.2 Å². The van der Waals surface area contributed by atoms with Crippen LogP contribution >= 0.6 is 11.3 Å². The maximum Gasteiger partial charge on any atom is 0.238 e. The molecule has 0 atom stereocenters. The minimum absolute atomic E-state index is 0.130. The molecule has 1 amide bonds. The normalized spacial score (nSPS) is 12.8. The van der Waals surface area contributed by atoms with Gasteiger partial charge in [0.1, 0.15) is 17.2 Å². The van der Waals surface area contributed by atoms with Crippen LogP contribution in [0.15, 0.2) is 66.7 Å². The summed E-state index contributed by atoms with van der Waals surface area (Å²) in [5, 5.41) is 3.56. The van der Waals surface area contributed by atoms with E-state index in [0.717, 1.165) is 27.1 Å². The van der Waals surface area contributed by atoms with Crippen LogP contribution in [0.4, 0.5) is 5.13 Å². The summed E-state index contributed by atoms with van der Waals surface area (Å²) < 4.78 is 12.2. The second-order valence-electron chi connectivity index (χ2n) is 6.45. The molecule has 3 aromatic carbocycles. The molecule has 5 nitrogen and oxygen atoms in total. The minimum atomic E-state index is -0.456. The molecular formula is C22H16N2O3S. The third-order valence-electron chi connectivity index (χ3n) is 4.77. The van der Waals surface area contributed by atoms with Crippen LogP contribution in [-0.4, -0.2) is 18.0 Å². The van der Waals surface area contributed by atoms with E-state index < -0.39 is 5.92 Å². The van der Waals surface area contributed by atoms with E-state index in [0.29, 0.717) is 16.6 Å². The van der Waals surface area contributed by atoms with Crippen molar-refractivity contribution in [1.82, 2.24) is 4.98 Å². The molecule has 0 saturated carbocycles. The molecule has 4 aromatic rings. The van der Waals surface area contributed by atoms with E-state index >= 15 is 0 Å². The topological polar surface area (TPSA) is 60.5 Å². The summed E-state index contributed by atoms with van der Waals surface area (Å²) in [6.45, 7) is 0. The molecule has 28 heavy (non-hydrogen) atoms. The van der Waals surface area contributed by atoms with Crippen molar-refractivity contribution in [2.45, 2.75) is 5.92 Å². The summed E-state index contributed by atoms with van der Waals surface area (Å²) in [5.41, 5.74) is 2.52. The molecule has 0 unspecified atom stereocenters. The first-order chi connectivity index (χ1) is 13.7. The molecule has 5 rings (SSSR count). The second-order valence-corrected chi connectivity index (χ2v) is 7.48. The SMILES string of the molecule is COc1ccc2nc(NC(=O)C3c4ccccc4Oc4ccccc43)sc2c1. The summed E-state index contributed by atoms with van der Waals surface area (Å²) >= 11 is 1.43. The fraction of sp³-hybridized carbons (Fsp3) is 0.0909. The van der Waals surface area contributed by atoms with Gasteiger partial charge in [-0.2, -0.15) is 0 Å². The van der Waals surface area contributed by atoms with Gasteiger partial charge in [0, 0.05) is 11.1 Å². The van der Waals surface area contributed by atoms with Gasteiger partial charge in [0.15, 0.2) is 5.13 Å². The highest BCUT2D eigenvalue weighted by molar-refractivity contribution is 7.22. The predicted octanol–water partition coefficient (Wildman–Crippen LogP) is 5.18. The number of hydrogen-bond acceptors (Lipinski definition) is 5. The zero-order chi connectivity index (χ0) is 19.1. The summed E-state index contributed by atoms with van der Waals surface area (Å²) in [4.78, 5) is 17.8. The van der Waals surface area contributed by atoms with Crippen LogP contribution in [-0.2, 0) is 4.79 Å². The Kier molecular flexibility index (Phi) is 3.98. The van der Waals surface area contributed by atoms with Gasteiger partial charge < -0.3 is 14.8 Å². The van der Waals surface area contributed by atoms with Gasteiger partial charge >= 0.3 is 0 Å².